The highest BCUT2D eigenvalue weighted by atomic mass is 16.5. The van der Waals surface area contributed by atoms with Crippen molar-refractivity contribution in [3.8, 4) is 0 Å². The van der Waals surface area contributed by atoms with Gasteiger partial charge in [-0.05, 0) is 18.6 Å². The fourth-order valence-electron chi connectivity index (χ4n) is 1.09. The molecule has 1 aliphatic rings. The molecule has 0 radical (unpaired) electrons. The molecule has 0 saturated heterocycles. The summed E-state index contributed by atoms with van der Waals surface area (Å²) in [6.07, 6.45) is 5.02. The molecular weight excluding hydrogens is 156 g/mol. The molecule has 0 aromatic heterocycles. The van der Waals surface area contributed by atoms with Gasteiger partial charge in [-0.15, -0.1) is 0 Å². The molecule has 0 aromatic rings. The number of hydrogen-bond acceptors (Lipinski definition) is 3. The standard InChI is InChI=1S/C9H12O3/c1-11-8-5-3-7(4-6-8)9(10)12-2/h3,5H,4,6H2,1-2H3. The third kappa shape index (κ3) is 1.87. The van der Waals surface area contributed by atoms with Gasteiger partial charge in [0.1, 0.15) is 0 Å². The minimum atomic E-state index is -0.249. The monoisotopic (exact) mass is 168 g/mol. The van der Waals surface area contributed by atoms with Crippen LogP contribution in [-0.4, -0.2) is 20.2 Å². The Kier molecular flexibility index (Phi) is 2.91. The van der Waals surface area contributed by atoms with Crippen LogP contribution in [0.25, 0.3) is 0 Å². The number of carbonyl (C=O) groups is 1. The van der Waals surface area contributed by atoms with E-state index in [9.17, 15) is 4.79 Å². The molecule has 0 fully saturated rings. The van der Waals surface area contributed by atoms with Crippen molar-refractivity contribution in [2.24, 2.45) is 0 Å². The van der Waals surface area contributed by atoms with E-state index in [0.717, 1.165) is 12.2 Å². The molecule has 66 valence electrons. The molecule has 0 spiro atoms. The molecule has 0 unspecified atom stereocenters. The van der Waals surface area contributed by atoms with Gasteiger partial charge in [0, 0.05) is 12.0 Å². The molecule has 3 nitrogen and oxygen atoms in total. The van der Waals surface area contributed by atoms with Gasteiger partial charge in [0.05, 0.1) is 20.0 Å². The normalized spacial score (nSPS) is 16.2. The molecule has 0 atom stereocenters. The van der Waals surface area contributed by atoms with Crippen LogP contribution in [0.3, 0.4) is 0 Å². The lowest BCUT2D eigenvalue weighted by Crippen LogP contribution is -2.07. The molecule has 0 N–H and O–H groups in total. The Hall–Kier alpha value is -1.25. The summed E-state index contributed by atoms with van der Waals surface area (Å²) in [5, 5.41) is 0. The Labute approximate surface area is 71.7 Å². The summed E-state index contributed by atoms with van der Waals surface area (Å²) in [7, 11) is 3.02. The molecule has 3 heteroatoms. The van der Waals surface area contributed by atoms with Crippen molar-refractivity contribution in [2.75, 3.05) is 14.2 Å². The molecule has 0 saturated carbocycles. The Morgan fingerprint density at radius 3 is 2.50 bits per heavy atom. The fraction of sp³-hybridized carbons (Fsp3) is 0.444. The van der Waals surface area contributed by atoms with Gasteiger partial charge in [-0.3, -0.25) is 0 Å². The lowest BCUT2D eigenvalue weighted by atomic mass is 10.0. The van der Waals surface area contributed by atoms with Crippen molar-refractivity contribution in [1.29, 1.82) is 0 Å². The van der Waals surface area contributed by atoms with E-state index >= 15 is 0 Å². The molecule has 0 aliphatic heterocycles. The predicted molar refractivity (Wildman–Crippen MR) is 44.4 cm³/mol. The maximum Gasteiger partial charge on any atom is 0.333 e. The number of rotatable bonds is 2. The molecule has 0 bridgehead atoms. The van der Waals surface area contributed by atoms with E-state index in [-0.39, 0.29) is 5.97 Å². The van der Waals surface area contributed by atoms with Crippen LogP contribution in [0.5, 0.6) is 0 Å². The fourth-order valence-corrected chi connectivity index (χ4v) is 1.09. The first kappa shape index (κ1) is 8.84. The van der Waals surface area contributed by atoms with Crippen LogP contribution in [0.4, 0.5) is 0 Å². The number of hydrogen-bond donors (Lipinski definition) is 0. The second kappa shape index (κ2) is 3.95. The average molecular weight is 168 g/mol. The third-order valence-corrected chi connectivity index (χ3v) is 1.82. The molecular formula is C9H12O3. The van der Waals surface area contributed by atoms with Crippen molar-refractivity contribution in [3.05, 3.63) is 23.5 Å². The maximum absolute atomic E-state index is 11.0. The van der Waals surface area contributed by atoms with Crippen LogP contribution in [0.2, 0.25) is 0 Å². The zero-order valence-corrected chi connectivity index (χ0v) is 7.29. The zero-order valence-electron chi connectivity index (χ0n) is 7.29. The van der Waals surface area contributed by atoms with Gasteiger partial charge in [-0.1, -0.05) is 0 Å². The van der Waals surface area contributed by atoms with Gasteiger partial charge in [-0.2, -0.15) is 0 Å². The first-order chi connectivity index (χ1) is 5.77. The van der Waals surface area contributed by atoms with Crippen LogP contribution < -0.4 is 0 Å². The topological polar surface area (TPSA) is 35.5 Å². The van der Waals surface area contributed by atoms with Crippen LogP contribution in [0, 0.1) is 0 Å². The number of methoxy groups -OCH3 is 2. The van der Waals surface area contributed by atoms with Gasteiger partial charge in [0.15, 0.2) is 0 Å². The van der Waals surface area contributed by atoms with Crippen LogP contribution in [-0.2, 0) is 14.3 Å². The highest BCUT2D eigenvalue weighted by Crippen LogP contribution is 2.19. The van der Waals surface area contributed by atoms with Gasteiger partial charge in [0.2, 0.25) is 0 Å². The largest absolute Gasteiger partial charge is 0.501 e. The predicted octanol–water partition coefficient (Wildman–Crippen LogP) is 1.41. The van der Waals surface area contributed by atoms with E-state index < -0.39 is 0 Å². The Morgan fingerprint density at radius 2 is 2.08 bits per heavy atom. The van der Waals surface area contributed by atoms with Gasteiger partial charge < -0.3 is 9.47 Å². The van der Waals surface area contributed by atoms with Gasteiger partial charge >= 0.3 is 5.97 Å². The summed E-state index contributed by atoms with van der Waals surface area (Å²) >= 11 is 0. The number of allylic oxidation sites excluding steroid dienone is 3. The Bertz CT molecular complexity index is 238. The molecule has 1 aliphatic carbocycles. The number of ether oxygens (including phenoxy) is 2. The third-order valence-electron chi connectivity index (χ3n) is 1.82. The van der Waals surface area contributed by atoms with E-state index in [1.54, 1.807) is 19.3 Å². The minimum absolute atomic E-state index is 0.249. The lowest BCUT2D eigenvalue weighted by molar-refractivity contribution is -0.136. The van der Waals surface area contributed by atoms with Crippen molar-refractivity contribution in [2.45, 2.75) is 12.8 Å². The van der Waals surface area contributed by atoms with E-state index in [2.05, 4.69) is 4.74 Å². The first-order valence-electron chi connectivity index (χ1n) is 3.80. The molecule has 0 amide bonds. The summed E-state index contributed by atoms with van der Waals surface area (Å²) in [6, 6.07) is 0. The summed E-state index contributed by atoms with van der Waals surface area (Å²) in [6.45, 7) is 0. The molecule has 1 rings (SSSR count). The van der Waals surface area contributed by atoms with Crippen molar-refractivity contribution in [3.63, 3.8) is 0 Å². The average Bonchev–Trinajstić information content (AvgIpc) is 2.17. The van der Waals surface area contributed by atoms with Gasteiger partial charge in [0.25, 0.3) is 0 Å². The molecule has 12 heavy (non-hydrogen) atoms. The number of carbonyl (C=O) groups excluding carboxylic acids is 1. The highest BCUT2D eigenvalue weighted by molar-refractivity contribution is 5.88. The van der Waals surface area contributed by atoms with E-state index in [1.165, 1.54) is 7.11 Å². The minimum Gasteiger partial charge on any atom is -0.501 e. The van der Waals surface area contributed by atoms with E-state index in [0.29, 0.717) is 12.0 Å². The Morgan fingerprint density at radius 1 is 1.33 bits per heavy atom. The van der Waals surface area contributed by atoms with Crippen molar-refractivity contribution < 1.29 is 14.3 Å². The van der Waals surface area contributed by atoms with E-state index in [1.807, 2.05) is 0 Å². The second-order valence-corrected chi connectivity index (χ2v) is 2.52. The van der Waals surface area contributed by atoms with Crippen LogP contribution >= 0.6 is 0 Å². The zero-order chi connectivity index (χ0) is 8.97. The Balaban J connectivity index is 2.66. The summed E-state index contributed by atoms with van der Waals surface area (Å²) in [5.41, 5.74) is 0.707. The van der Waals surface area contributed by atoms with Crippen LogP contribution in [0.1, 0.15) is 12.8 Å². The number of esters is 1. The summed E-state index contributed by atoms with van der Waals surface area (Å²) in [5.74, 6) is 0.657. The summed E-state index contributed by atoms with van der Waals surface area (Å²) < 4.78 is 9.60. The van der Waals surface area contributed by atoms with Crippen LogP contribution in [0.15, 0.2) is 23.5 Å². The highest BCUT2D eigenvalue weighted by Gasteiger charge is 2.13. The second-order valence-electron chi connectivity index (χ2n) is 2.52. The smallest absolute Gasteiger partial charge is 0.333 e. The summed E-state index contributed by atoms with van der Waals surface area (Å²) in [4.78, 5) is 11.0. The van der Waals surface area contributed by atoms with Gasteiger partial charge in [-0.25, -0.2) is 4.79 Å². The first-order valence-corrected chi connectivity index (χ1v) is 3.80. The molecule has 0 aromatic carbocycles. The van der Waals surface area contributed by atoms with E-state index in [4.69, 9.17) is 4.74 Å². The van der Waals surface area contributed by atoms with Crippen molar-refractivity contribution >= 4 is 5.97 Å². The quantitative estimate of drug-likeness (QED) is 0.585. The van der Waals surface area contributed by atoms with Crippen molar-refractivity contribution in [1.82, 2.24) is 0 Å². The molecule has 0 heterocycles. The lowest BCUT2D eigenvalue weighted by Gasteiger charge is -2.11. The maximum atomic E-state index is 11.0. The SMILES string of the molecule is COC(=O)C1=CC=C(OC)CC1.